The molecule has 0 N–H and O–H groups in total. The van der Waals surface area contributed by atoms with Crippen molar-refractivity contribution in [3.05, 3.63) is 42.0 Å². The topological polar surface area (TPSA) is 102 Å². The number of hydrogen-bond donors (Lipinski definition) is 0. The number of halogens is 1. The van der Waals surface area contributed by atoms with Crippen molar-refractivity contribution in [1.82, 2.24) is 14.2 Å². The molecule has 3 aromatic rings. The van der Waals surface area contributed by atoms with Gasteiger partial charge < -0.3 is 31.5 Å². The number of fused-ring (bicyclic) bond motifs is 2. The first-order chi connectivity index (χ1) is 18.6. The maximum atomic E-state index is 13.8. The third-order valence-corrected chi connectivity index (χ3v) is 9.52. The smallest absolute Gasteiger partial charge is 0.260 e. The zero-order chi connectivity index (χ0) is 27.7. The molecule has 2 atom stereocenters. The van der Waals surface area contributed by atoms with E-state index in [4.69, 9.17) is 19.2 Å². The fourth-order valence-electron chi connectivity index (χ4n) is 4.80. The van der Waals surface area contributed by atoms with Crippen LogP contribution in [-0.2, 0) is 14.8 Å². The largest absolute Gasteiger partial charge is 1.00 e. The van der Waals surface area contributed by atoms with Crippen molar-refractivity contribution < 1.29 is 39.8 Å². The number of thiazole rings is 1. The maximum Gasteiger partial charge on any atom is 0.260 e. The molecule has 10 nitrogen and oxygen atoms in total. The molecule has 2 aliphatic rings. The zero-order valence-electron chi connectivity index (χ0n) is 23.0. The summed E-state index contributed by atoms with van der Waals surface area (Å²) in [5.41, 5.74) is 1.13. The molecular weight excluding hydrogens is 576 g/mol. The van der Waals surface area contributed by atoms with Gasteiger partial charge in [0.05, 0.1) is 27.3 Å². The van der Waals surface area contributed by atoms with E-state index in [1.165, 1.54) is 27.8 Å². The van der Waals surface area contributed by atoms with E-state index in [0.29, 0.717) is 55.0 Å². The molecular formula is C27H34ClN4O6S2-. The van der Waals surface area contributed by atoms with Gasteiger partial charge in [-0.3, -0.25) is 9.69 Å². The molecule has 40 heavy (non-hydrogen) atoms. The maximum absolute atomic E-state index is 13.8. The molecule has 5 rings (SSSR count). The van der Waals surface area contributed by atoms with Crippen LogP contribution in [0.3, 0.4) is 0 Å². The Morgan fingerprint density at radius 1 is 1.02 bits per heavy atom. The van der Waals surface area contributed by atoms with Crippen LogP contribution in [0.4, 0.5) is 5.13 Å². The van der Waals surface area contributed by atoms with Crippen molar-refractivity contribution in [3.63, 3.8) is 0 Å². The molecule has 0 aliphatic carbocycles. The Morgan fingerprint density at radius 2 is 1.65 bits per heavy atom. The van der Waals surface area contributed by atoms with Crippen molar-refractivity contribution in [2.45, 2.75) is 37.4 Å². The summed E-state index contributed by atoms with van der Waals surface area (Å²) >= 11 is 1.42. The van der Waals surface area contributed by atoms with Crippen LogP contribution < -0.4 is 26.8 Å². The van der Waals surface area contributed by atoms with Crippen LogP contribution in [0.2, 0.25) is 0 Å². The van der Waals surface area contributed by atoms with E-state index in [1.54, 1.807) is 17.0 Å². The predicted octanol–water partition coefficient (Wildman–Crippen LogP) is 0.468. The van der Waals surface area contributed by atoms with Gasteiger partial charge in [-0.15, -0.1) is 0 Å². The lowest BCUT2D eigenvalue weighted by Crippen LogP contribution is -3.00. The van der Waals surface area contributed by atoms with Crippen LogP contribution >= 0.6 is 11.3 Å². The summed E-state index contributed by atoms with van der Waals surface area (Å²) in [5.74, 6) is 1.09. The summed E-state index contributed by atoms with van der Waals surface area (Å²) in [4.78, 5) is 22.4. The number of aromatic nitrogens is 1. The van der Waals surface area contributed by atoms with Crippen molar-refractivity contribution >= 4 is 42.6 Å². The molecule has 2 aliphatic heterocycles. The lowest BCUT2D eigenvalue weighted by Gasteiger charge is -2.34. The second-order valence-electron chi connectivity index (χ2n) is 10.2. The number of benzene rings is 2. The van der Waals surface area contributed by atoms with Gasteiger partial charge in [0.15, 0.2) is 16.6 Å². The first-order valence-corrected chi connectivity index (χ1v) is 15.3. The molecule has 1 fully saturated rings. The monoisotopic (exact) mass is 609 g/mol. The highest BCUT2D eigenvalue weighted by Gasteiger charge is 2.32. The fourth-order valence-corrected chi connectivity index (χ4v) is 7.39. The Hall–Kier alpha value is -2.48. The number of amides is 1. The van der Waals surface area contributed by atoms with Gasteiger partial charge in [0, 0.05) is 37.3 Å². The van der Waals surface area contributed by atoms with Gasteiger partial charge in [0.1, 0.15) is 13.2 Å². The Labute approximate surface area is 245 Å². The second-order valence-corrected chi connectivity index (χ2v) is 13.1. The Morgan fingerprint density at radius 3 is 2.27 bits per heavy atom. The number of rotatable bonds is 8. The highest BCUT2D eigenvalue weighted by molar-refractivity contribution is 7.89. The number of carbonyl (C=O) groups is 1. The molecule has 1 amide bonds. The lowest BCUT2D eigenvalue weighted by molar-refractivity contribution is -0.0440. The lowest BCUT2D eigenvalue weighted by atomic mass is 10.2. The van der Waals surface area contributed by atoms with E-state index in [-0.39, 0.29) is 35.4 Å². The van der Waals surface area contributed by atoms with Crippen molar-refractivity contribution in [1.29, 1.82) is 0 Å². The summed E-state index contributed by atoms with van der Waals surface area (Å²) in [5, 5.41) is 0.573. The summed E-state index contributed by atoms with van der Waals surface area (Å²) in [7, 11) is 0.276. The van der Waals surface area contributed by atoms with Crippen molar-refractivity contribution in [2.75, 3.05) is 58.4 Å². The standard InChI is InChI=1S/C27H34N4O6S2.ClH/c1-18-16-30(17-19(2)37-18)39(33,34)21-8-6-20(7-9-21)26(32)31(11-5-10-29(3)4)27-28-22-14-23-24(15-25(22)38-27)36-13-12-35-23;/h6-9,14-15,18-19H,5,10-13,16-17H2,1-4H3;1H/p-1. The highest BCUT2D eigenvalue weighted by atomic mass is 35.5. The van der Waals surface area contributed by atoms with E-state index in [0.717, 1.165) is 23.2 Å². The summed E-state index contributed by atoms with van der Waals surface area (Å²) < 4.78 is 46.0. The van der Waals surface area contributed by atoms with E-state index in [9.17, 15) is 13.2 Å². The quantitative estimate of drug-likeness (QED) is 0.363. The minimum Gasteiger partial charge on any atom is -1.00 e. The molecule has 0 spiro atoms. The van der Waals surface area contributed by atoms with Crippen molar-refractivity contribution in [3.8, 4) is 11.5 Å². The molecule has 1 aromatic heterocycles. The molecule has 3 heterocycles. The molecule has 0 saturated carbocycles. The second kappa shape index (κ2) is 12.6. The highest BCUT2D eigenvalue weighted by Crippen LogP contribution is 2.39. The SMILES string of the molecule is CC1CN(S(=O)(=O)c2ccc(C(=O)N(CCCN(C)C)c3nc4cc5c(cc4s3)OCCO5)cc2)CC(C)O1.[Cl-]. The molecule has 2 unspecified atom stereocenters. The first-order valence-electron chi connectivity index (χ1n) is 13.0. The van der Waals surface area contributed by atoms with Gasteiger partial charge in [-0.05, 0) is 65.2 Å². The number of nitrogens with zero attached hydrogens (tertiary/aromatic N) is 4. The Bertz CT molecular complexity index is 1390. The summed E-state index contributed by atoms with van der Waals surface area (Å²) in [6, 6.07) is 9.92. The third kappa shape index (κ3) is 6.53. The van der Waals surface area contributed by atoms with Gasteiger partial charge >= 0.3 is 0 Å². The summed E-state index contributed by atoms with van der Waals surface area (Å²) in [6.45, 7) is 6.57. The van der Waals surface area contributed by atoms with Gasteiger partial charge in [-0.1, -0.05) is 11.3 Å². The predicted molar refractivity (Wildman–Crippen MR) is 151 cm³/mol. The molecule has 2 aromatic carbocycles. The van der Waals surface area contributed by atoms with Crippen LogP contribution in [0.1, 0.15) is 30.6 Å². The number of ether oxygens (including phenoxy) is 3. The molecule has 13 heteroatoms. The zero-order valence-corrected chi connectivity index (χ0v) is 25.4. The van der Waals surface area contributed by atoms with E-state index in [2.05, 4.69) is 4.90 Å². The number of anilines is 1. The fraction of sp³-hybridized carbons (Fsp3) is 0.481. The van der Waals surface area contributed by atoms with Crippen LogP contribution in [0.5, 0.6) is 11.5 Å². The van der Waals surface area contributed by atoms with Gasteiger partial charge in [0.2, 0.25) is 10.0 Å². The number of hydrogen-bond acceptors (Lipinski definition) is 9. The third-order valence-electron chi connectivity index (χ3n) is 6.63. The number of carbonyl (C=O) groups excluding carboxylic acids is 1. The molecule has 218 valence electrons. The molecule has 1 saturated heterocycles. The summed E-state index contributed by atoms with van der Waals surface area (Å²) in [6.07, 6.45) is 0.382. The van der Waals surface area contributed by atoms with Gasteiger partial charge in [-0.25, -0.2) is 13.4 Å². The van der Waals surface area contributed by atoms with Gasteiger partial charge in [0.25, 0.3) is 5.91 Å². The van der Waals surface area contributed by atoms with Crippen LogP contribution in [0.15, 0.2) is 41.3 Å². The Kier molecular flexibility index (Phi) is 9.59. The van der Waals surface area contributed by atoms with Gasteiger partial charge in [-0.2, -0.15) is 4.31 Å². The first kappa shape index (κ1) is 30.5. The van der Waals surface area contributed by atoms with Crippen molar-refractivity contribution in [2.24, 2.45) is 0 Å². The molecule has 0 bridgehead atoms. The van der Waals surface area contributed by atoms with E-state index >= 15 is 0 Å². The average Bonchev–Trinajstić information content (AvgIpc) is 3.31. The van der Waals surface area contributed by atoms with Crippen LogP contribution in [0, 0.1) is 0 Å². The van der Waals surface area contributed by atoms with E-state index < -0.39 is 10.0 Å². The normalized spacial score (nSPS) is 19.4. The van der Waals surface area contributed by atoms with Crippen LogP contribution in [-0.4, -0.2) is 94.2 Å². The molecule has 0 radical (unpaired) electrons. The minimum absolute atomic E-state index is 0. The number of sulfonamides is 1. The minimum atomic E-state index is -3.70. The van der Waals surface area contributed by atoms with E-state index in [1.807, 2.05) is 40.1 Å². The van der Waals surface area contributed by atoms with Crippen LogP contribution in [0.25, 0.3) is 10.2 Å². The Balaban J connectivity index is 0.00000370. The average molecular weight is 610 g/mol. The number of morpholine rings is 1.